The van der Waals surface area contributed by atoms with Crippen LogP contribution in [0.3, 0.4) is 0 Å². The van der Waals surface area contributed by atoms with Crippen LogP contribution in [-0.4, -0.2) is 90.5 Å². The van der Waals surface area contributed by atoms with Crippen molar-refractivity contribution < 1.29 is 28.6 Å². The van der Waals surface area contributed by atoms with Crippen LogP contribution in [-0.2, 0) is 14.3 Å². The van der Waals surface area contributed by atoms with Crippen molar-refractivity contribution in [3.63, 3.8) is 0 Å². The summed E-state index contributed by atoms with van der Waals surface area (Å²) in [7, 11) is 0. The number of rotatable bonds is 3. The lowest BCUT2D eigenvalue weighted by molar-refractivity contribution is -0.118. The summed E-state index contributed by atoms with van der Waals surface area (Å²) in [4.78, 5) is 45.7. The molecule has 3 aliphatic heterocycles. The zero-order valence-corrected chi connectivity index (χ0v) is 17.9. The molecule has 0 aliphatic carbocycles. The number of piperazine rings is 1. The van der Waals surface area contributed by atoms with E-state index in [9.17, 15) is 14.4 Å². The van der Waals surface area contributed by atoms with E-state index in [-0.39, 0.29) is 24.7 Å². The molecule has 1 aromatic heterocycles. The van der Waals surface area contributed by atoms with Gasteiger partial charge in [-0.05, 0) is 32.9 Å². The molecule has 168 valence electrons. The molecule has 4 rings (SSSR count). The van der Waals surface area contributed by atoms with Gasteiger partial charge >= 0.3 is 12.2 Å². The van der Waals surface area contributed by atoms with E-state index in [2.05, 4.69) is 15.2 Å². The Balaban J connectivity index is 1.30. The number of anilines is 2. The Labute approximate surface area is 180 Å². The second-order valence-corrected chi connectivity index (χ2v) is 8.74. The molecule has 4 heterocycles. The fourth-order valence-corrected chi connectivity index (χ4v) is 3.64. The highest BCUT2D eigenvalue weighted by atomic mass is 16.6. The molecule has 0 bridgehead atoms. The molecule has 11 heteroatoms. The summed E-state index contributed by atoms with van der Waals surface area (Å²) in [5.74, 6) is 0.870. The summed E-state index contributed by atoms with van der Waals surface area (Å²) in [6.07, 6.45) is -1.10. The molecule has 31 heavy (non-hydrogen) atoms. The van der Waals surface area contributed by atoms with E-state index in [0.29, 0.717) is 56.7 Å². The third kappa shape index (κ3) is 4.98. The van der Waals surface area contributed by atoms with Crippen LogP contribution in [0.5, 0.6) is 5.75 Å². The lowest BCUT2D eigenvalue weighted by Gasteiger charge is -2.36. The van der Waals surface area contributed by atoms with Gasteiger partial charge < -0.3 is 24.4 Å². The van der Waals surface area contributed by atoms with Gasteiger partial charge in [0.15, 0.2) is 18.2 Å². The third-order valence-corrected chi connectivity index (χ3v) is 5.10. The Morgan fingerprint density at radius 3 is 2.68 bits per heavy atom. The quantitative estimate of drug-likeness (QED) is 0.759. The second kappa shape index (κ2) is 8.22. The van der Waals surface area contributed by atoms with E-state index in [1.54, 1.807) is 17.0 Å². The number of nitrogens with zero attached hydrogens (tertiary/aromatic N) is 4. The molecule has 11 nitrogen and oxygen atoms in total. The number of cyclic esters (lactones) is 1. The number of aromatic nitrogens is 1. The largest absolute Gasteiger partial charge is 0.480 e. The van der Waals surface area contributed by atoms with E-state index in [0.717, 1.165) is 0 Å². The van der Waals surface area contributed by atoms with Crippen LogP contribution in [0.25, 0.3) is 0 Å². The zero-order valence-electron chi connectivity index (χ0n) is 17.9. The van der Waals surface area contributed by atoms with E-state index in [4.69, 9.17) is 14.2 Å². The van der Waals surface area contributed by atoms with Crippen LogP contribution in [0, 0.1) is 0 Å². The summed E-state index contributed by atoms with van der Waals surface area (Å²) in [5, 5.41) is 2.64. The Morgan fingerprint density at radius 1 is 1.23 bits per heavy atom. The predicted molar refractivity (Wildman–Crippen MR) is 110 cm³/mol. The summed E-state index contributed by atoms with van der Waals surface area (Å²) in [6.45, 7) is 8.88. The van der Waals surface area contributed by atoms with E-state index < -0.39 is 11.7 Å². The summed E-state index contributed by atoms with van der Waals surface area (Å²) < 4.78 is 16.2. The molecule has 0 aromatic carbocycles. The van der Waals surface area contributed by atoms with Crippen molar-refractivity contribution in [2.45, 2.75) is 32.5 Å². The number of fused-ring (bicyclic) bond motifs is 1. The van der Waals surface area contributed by atoms with Crippen molar-refractivity contribution in [3.05, 3.63) is 12.1 Å². The fourth-order valence-electron chi connectivity index (χ4n) is 3.64. The van der Waals surface area contributed by atoms with Gasteiger partial charge in [0.1, 0.15) is 17.5 Å². The van der Waals surface area contributed by atoms with Crippen molar-refractivity contribution in [1.82, 2.24) is 14.8 Å². The van der Waals surface area contributed by atoms with Gasteiger partial charge in [-0.3, -0.25) is 14.6 Å². The van der Waals surface area contributed by atoms with Gasteiger partial charge in [-0.2, -0.15) is 0 Å². The number of amides is 3. The average Bonchev–Trinajstić information content (AvgIpc) is 3.06. The smallest absolute Gasteiger partial charge is 0.416 e. The summed E-state index contributed by atoms with van der Waals surface area (Å²) in [6, 6.07) is 3.34. The first-order chi connectivity index (χ1) is 14.7. The van der Waals surface area contributed by atoms with Crippen molar-refractivity contribution >= 4 is 29.7 Å². The van der Waals surface area contributed by atoms with E-state index in [1.807, 2.05) is 20.8 Å². The normalized spacial score (nSPS) is 21.8. The monoisotopic (exact) mass is 433 g/mol. The number of pyridine rings is 1. The van der Waals surface area contributed by atoms with Crippen LogP contribution in [0.2, 0.25) is 0 Å². The first kappa shape index (κ1) is 21.2. The minimum absolute atomic E-state index is 0.0525. The highest BCUT2D eigenvalue weighted by Gasteiger charge is 2.36. The predicted octanol–water partition coefficient (Wildman–Crippen LogP) is 1.29. The van der Waals surface area contributed by atoms with Crippen LogP contribution < -0.4 is 15.0 Å². The molecule has 3 amide bonds. The first-order valence-electron chi connectivity index (χ1n) is 10.3. The highest BCUT2D eigenvalue weighted by Crippen LogP contribution is 2.30. The molecule has 0 radical (unpaired) electrons. The molecular formula is C20H27N5O6. The minimum Gasteiger partial charge on any atom is -0.480 e. The van der Waals surface area contributed by atoms with Crippen molar-refractivity contribution in [2.75, 3.05) is 56.1 Å². The summed E-state index contributed by atoms with van der Waals surface area (Å²) in [5.41, 5.74) is -0.518. The van der Waals surface area contributed by atoms with E-state index in [1.165, 1.54) is 4.90 Å². The van der Waals surface area contributed by atoms with Crippen LogP contribution in [0.1, 0.15) is 20.8 Å². The molecule has 1 atom stereocenters. The first-order valence-corrected chi connectivity index (χ1v) is 10.3. The van der Waals surface area contributed by atoms with Gasteiger partial charge in [-0.25, -0.2) is 14.6 Å². The highest BCUT2D eigenvalue weighted by molar-refractivity contribution is 5.95. The number of carbonyl (C=O) groups excluding carboxylic acids is 3. The molecule has 3 aliphatic rings. The Morgan fingerprint density at radius 2 is 1.97 bits per heavy atom. The molecule has 2 saturated heterocycles. The maximum Gasteiger partial charge on any atom is 0.416 e. The fraction of sp³-hybridized carbons (Fsp3) is 0.600. The molecule has 1 N–H and O–H groups in total. The summed E-state index contributed by atoms with van der Waals surface area (Å²) >= 11 is 0. The molecule has 0 unspecified atom stereocenters. The molecule has 0 saturated carbocycles. The Hall–Kier alpha value is -3.08. The third-order valence-electron chi connectivity index (χ3n) is 5.10. The standard InChI is InChI=1S/C20H27N5O6/c1-20(2,3)31-18(27)24-8-6-23(7-9-24)10-13-11-25(19(28)30-13)15-5-4-14-17(21-15)22-16(26)12-29-14/h4-5,13H,6-12H2,1-3H3,(H,21,22,26)/t13-/m1/s1. The van der Waals surface area contributed by atoms with Crippen LogP contribution >= 0.6 is 0 Å². The molecule has 1 aromatic rings. The lowest BCUT2D eigenvalue weighted by Crippen LogP contribution is -2.51. The van der Waals surface area contributed by atoms with Gasteiger partial charge in [0.05, 0.1) is 6.54 Å². The van der Waals surface area contributed by atoms with Crippen molar-refractivity contribution in [3.8, 4) is 5.75 Å². The number of nitrogens with one attached hydrogen (secondary N) is 1. The molecule has 0 spiro atoms. The van der Waals surface area contributed by atoms with Gasteiger partial charge in [-0.15, -0.1) is 0 Å². The van der Waals surface area contributed by atoms with E-state index >= 15 is 0 Å². The number of hydrogen-bond acceptors (Lipinski definition) is 8. The van der Waals surface area contributed by atoms with Crippen molar-refractivity contribution in [2.24, 2.45) is 0 Å². The molecular weight excluding hydrogens is 406 g/mol. The second-order valence-electron chi connectivity index (χ2n) is 8.74. The average molecular weight is 433 g/mol. The Kier molecular flexibility index (Phi) is 5.61. The topological polar surface area (TPSA) is 114 Å². The maximum absolute atomic E-state index is 12.4. The Bertz CT molecular complexity index is 877. The van der Waals surface area contributed by atoms with Gasteiger partial charge in [0, 0.05) is 32.7 Å². The van der Waals surface area contributed by atoms with Gasteiger partial charge in [0.25, 0.3) is 5.91 Å². The van der Waals surface area contributed by atoms with Gasteiger partial charge in [-0.1, -0.05) is 0 Å². The zero-order chi connectivity index (χ0) is 22.2. The minimum atomic E-state index is -0.518. The number of ether oxygens (including phenoxy) is 3. The van der Waals surface area contributed by atoms with Gasteiger partial charge in [0.2, 0.25) is 0 Å². The van der Waals surface area contributed by atoms with Crippen LogP contribution in [0.4, 0.5) is 21.2 Å². The van der Waals surface area contributed by atoms with Crippen molar-refractivity contribution in [1.29, 1.82) is 0 Å². The SMILES string of the molecule is CC(C)(C)OC(=O)N1CCN(C[C@@H]2CN(c3ccc4c(n3)NC(=O)CO4)C(=O)O2)CC1. The van der Waals surface area contributed by atoms with Crippen LogP contribution in [0.15, 0.2) is 12.1 Å². The molecule has 2 fully saturated rings. The number of carbonyl (C=O) groups is 3. The lowest BCUT2D eigenvalue weighted by atomic mass is 10.2. The maximum atomic E-state index is 12.4. The number of hydrogen-bond donors (Lipinski definition) is 1.